The van der Waals surface area contributed by atoms with Crippen LogP contribution in [-0.2, 0) is 7.05 Å². The number of rotatable bonds is 4. The molecule has 1 aliphatic rings. The number of amides is 1. The van der Waals surface area contributed by atoms with E-state index in [9.17, 15) is 14.4 Å². The van der Waals surface area contributed by atoms with Crippen LogP contribution in [0.1, 0.15) is 23.2 Å². The van der Waals surface area contributed by atoms with E-state index < -0.39 is 17.2 Å². The first kappa shape index (κ1) is 16.9. The zero-order valence-electron chi connectivity index (χ0n) is 14.1. The summed E-state index contributed by atoms with van der Waals surface area (Å²) in [5.74, 6) is 0.756. The van der Waals surface area contributed by atoms with Gasteiger partial charge in [0.05, 0.1) is 0 Å². The normalized spacial score (nSPS) is 17.3. The number of H-pyrrole nitrogens is 1. The van der Waals surface area contributed by atoms with E-state index in [-0.39, 0.29) is 11.5 Å². The SMILES string of the molecule is Cn1cc(C(=O)NC[C@H]2CCCN(c3ccccn3)C2)c(=O)[nH]c1=O. The molecule has 2 aromatic heterocycles. The molecule has 0 aromatic carbocycles. The number of carbonyl (C=O) groups is 1. The molecule has 0 radical (unpaired) electrons. The summed E-state index contributed by atoms with van der Waals surface area (Å²) < 4.78 is 1.18. The number of anilines is 1. The molecule has 25 heavy (non-hydrogen) atoms. The second-order valence-electron chi connectivity index (χ2n) is 6.27. The average molecular weight is 343 g/mol. The molecule has 8 nitrogen and oxygen atoms in total. The van der Waals surface area contributed by atoms with Crippen LogP contribution in [0.2, 0.25) is 0 Å². The second-order valence-corrected chi connectivity index (χ2v) is 6.27. The van der Waals surface area contributed by atoms with Gasteiger partial charge in [-0.25, -0.2) is 9.78 Å². The number of aryl methyl sites for hydroxylation is 1. The first-order valence-corrected chi connectivity index (χ1v) is 8.28. The number of hydrogen-bond donors (Lipinski definition) is 2. The van der Waals surface area contributed by atoms with Crippen molar-refractivity contribution < 1.29 is 4.79 Å². The predicted octanol–water partition coefficient (Wildman–Crippen LogP) is 0.115. The summed E-state index contributed by atoms with van der Waals surface area (Å²) in [5.41, 5.74) is -1.27. The standard InChI is InChI=1S/C17H21N5O3/c1-21-11-13(16(24)20-17(21)25)15(23)19-9-12-5-4-8-22(10-12)14-6-2-3-7-18-14/h2-3,6-7,11-12H,4-5,8-10H2,1H3,(H,19,23)(H,20,24,25)/t12-/m1/s1. The minimum Gasteiger partial charge on any atom is -0.356 e. The molecule has 1 amide bonds. The summed E-state index contributed by atoms with van der Waals surface area (Å²) in [6, 6.07) is 5.82. The van der Waals surface area contributed by atoms with Crippen LogP contribution < -0.4 is 21.5 Å². The smallest absolute Gasteiger partial charge is 0.328 e. The van der Waals surface area contributed by atoms with Crippen molar-refractivity contribution in [2.24, 2.45) is 13.0 Å². The van der Waals surface area contributed by atoms with Crippen LogP contribution in [0, 0.1) is 5.92 Å². The van der Waals surface area contributed by atoms with Crippen molar-refractivity contribution in [1.82, 2.24) is 19.9 Å². The van der Waals surface area contributed by atoms with Crippen molar-refractivity contribution in [3.63, 3.8) is 0 Å². The van der Waals surface area contributed by atoms with Gasteiger partial charge < -0.3 is 14.8 Å². The Morgan fingerprint density at radius 1 is 1.40 bits per heavy atom. The summed E-state index contributed by atoms with van der Waals surface area (Å²) in [6.07, 6.45) is 5.06. The summed E-state index contributed by atoms with van der Waals surface area (Å²) in [4.78, 5) is 44.1. The fourth-order valence-corrected chi connectivity index (χ4v) is 3.04. The lowest BCUT2D eigenvalue weighted by Gasteiger charge is -2.33. The number of nitrogens with zero attached hydrogens (tertiary/aromatic N) is 3. The lowest BCUT2D eigenvalue weighted by Crippen LogP contribution is -2.42. The molecular weight excluding hydrogens is 322 g/mol. The Morgan fingerprint density at radius 3 is 3.00 bits per heavy atom. The molecule has 0 bridgehead atoms. The Hall–Kier alpha value is -2.90. The van der Waals surface area contributed by atoms with Gasteiger partial charge in [0, 0.05) is 39.1 Å². The highest BCUT2D eigenvalue weighted by molar-refractivity contribution is 5.93. The highest BCUT2D eigenvalue weighted by Gasteiger charge is 2.22. The molecule has 3 heterocycles. The molecule has 8 heteroatoms. The molecule has 1 saturated heterocycles. The number of nitrogens with one attached hydrogen (secondary N) is 2. The van der Waals surface area contributed by atoms with Crippen LogP contribution in [0.5, 0.6) is 0 Å². The summed E-state index contributed by atoms with van der Waals surface area (Å²) >= 11 is 0. The number of aromatic amines is 1. The summed E-state index contributed by atoms with van der Waals surface area (Å²) in [5, 5.41) is 2.81. The van der Waals surface area contributed by atoms with Gasteiger partial charge in [0.25, 0.3) is 11.5 Å². The third-order valence-corrected chi connectivity index (χ3v) is 4.40. The van der Waals surface area contributed by atoms with Gasteiger partial charge in [0.15, 0.2) is 0 Å². The Balaban J connectivity index is 1.61. The highest BCUT2D eigenvalue weighted by atomic mass is 16.2. The first-order valence-electron chi connectivity index (χ1n) is 8.28. The van der Waals surface area contributed by atoms with E-state index in [1.165, 1.54) is 17.8 Å². The number of pyridine rings is 1. The maximum absolute atomic E-state index is 12.3. The molecule has 0 aliphatic carbocycles. The van der Waals surface area contributed by atoms with Gasteiger partial charge in [-0.2, -0.15) is 0 Å². The van der Waals surface area contributed by atoms with Crippen LogP contribution in [0.25, 0.3) is 0 Å². The number of aromatic nitrogens is 3. The van der Waals surface area contributed by atoms with Gasteiger partial charge in [0.1, 0.15) is 11.4 Å². The molecule has 1 atom stereocenters. The van der Waals surface area contributed by atoms with E-state index in [2.05, 4.69) is 20.2 Å². The van der Waals surface area contributed by atoms with Crippen LogP contribution >= 0.6 is 0 Å². The van der Waals surface area contributed by atoms with Gasteiger partial charge in [-0.1, -0.05) is 6.07 Å². The first-order chi connectivity index (χ1) is 12.0. The maximum Gasteiger partial charge on any atom is 0.328 e. The number of piperidine rings is 1. The molecule has 0 saturated carbocycles. The summed E-state index contributed by atoms with van der Waals surface area (Å²) in [7, 11) is 1.49. The molecule has 2 N–H and O–H groups in total. The largest absolute Gasteiger partial charge is 0.356 e. The lowest BCUT2D eigenvalue weighted by atomic mass is 9.98. The van der Waals surface area contributed by atoms with Gasteiger partial charge in [-0.15, -0.1) is 0 Å². The van der Waals surface area contributed by atoms with E-state index in [0.29, 0.717) is 6.54 Å². The van der Waals surface area contributed by atoms with Crippen molar-refractivity contribution in [2.45, 2.75) is 12.8 Å². The zero-order valence-corrected chi connectivity index (χ0v) is 14.1. The monoisotopic (exact) mass is 343 g/mol. The van der Waals surface area contributed by atoms with E-state index in [1.807, 2.05) is 18.2 Å². The summed E-state index contributed by atoms with van der Waals surface area (Å²) in [6.45, 7) is 2.23. The molecule has 0 spiro atoms. The van der Waals surface area contributed by atoms with Crippen molar-refractivity contribution in [3.05, 3.63) is 57.0 Å². The fraction of sp³-hybridized carbons (Fsp3) is 0.412. The van der Waals surface area contributed by atoms with E-state index in [0.717, 1.165) is 31.7 Å². The Morgan fingerprint density at radius 2 is 2.24 bits per heavy atom. The molecule has 1 aliphatic heterocycles. The fourth-order valence-electron chi connectivity index (χ4n) is 3.04. The maximum atomic E-state index is 12.3. The minimum absolute atomic E-state index is 0.0560. The number of carbonyl (C=O) groups excluding carboxylic acids is 1. The number of hydrogen-bond acceptors (Lipinski definition) is 5. The molecular formula is C17H21N5O3. The van der Waals surface area contributed by atoms with Crippen molar-refractivity contribution in [2.75, 3.05) is 24.5 Å². The molecule has 1 fully saturated rings. The van der Waals surface area contributed by atoms with E-state index in [1.54, 1.807) is 6.20 Å². The second kappa shape index (κ2) is 7.33. The van der Waals surface area contributed by atoms with Crippen molar-refractivity contribution in [1.29, 1.82) is 0 Å². The van der Waals surface area contributed by atoms with Gasteiger partial charge in [-0.05, 0) is 30.9 Å². The quantitative estimate of drug-likeness (QED) is 0.821. The van der Waals surface area contributed by atoms with Crippen molar-refractivity contribution >= 4 is 11.7 Å². The molecule has 3 rings (SSSR count). The van der Waals surface area contributed by atoms with Crippen molar-refractivity contribution in [3.8, 4) is 0 Å². The topological polar surface area (TPSA) is 100 Å². The molecule has 0 unspecified atom stereocenters. The zero-order chi connectivity index (χ0) is 17.8. The third-order valence-electron chi connectivity index (χ3n) is 4.40. The molecule has 132 valence electrons. The van der Waals surface area contributed by atoms with E-state index in [4.69, 9.17) is 0 Å². The third kappa shape index (κ3) is 3.96. The van der Waals surface area contributed by atoms with Crippen LogP contribution in [0.15, 0.2) is 40.2 Å². The van der Waals surface area contributed by atoms with Gasteiger partial charge >= 0.3 is 5.69 Å². The van der Waals surface area contributed by atoms with Crippen LogP contribution in [0.3, 0.4) is 0 Å². The Labute approximate surface area is 144 Å². The van der Waals surface area contributed by atoms with Crippen LogP contribution in [0.4, 0.5) is 5.82 Å². The minimum atomic E-state index is -0.667. The lowest BCUT2D eigenvalue weighted by molar-refractivity contribution is 0.0943. The van der Waals surface area contributed by atoms with E-state index >= 15 is 0 Å². The van der Waals surface area contributed by atoms with Gasteiger partial charge in [-0.3, -0.25) is 14.6 Å². The predicted molar refractivity (Wildman–Crippen MR) is 93.8 cm³/mol. The Kier molecular flexibility index (Phi) is 4.97. The van der Waals surface area contributed by atoms with Gasteiger partial charge in [0.2, 0.25) is 0 Å². The molecule has 2 aromatic rings. The van der Waals surface area contributed by atoms with Crippen LogP contribution in [-0.4, -0.2) is 40.1 Å². The highest BCUT2D eigenvalue weighted by Crippen LogP contribution is 2.20. The Bertz CT molecular complexity index is 859. The average Bonchev–Trinajstić information content (AvgIpc) is 2.64.